The predicted octanol–water partition coefficient (Wildman–Crippen LogP) is 1.80. The first-order chi connectivity index (χ1) is 9.83. The Labute approximate surface area is 118 Å². The number of nitrogens with zero attached hydrogens (tertiary/aromatic N) is 2. The van der Waals surface area contributed by atoms with E-state index in [1.165, 1.54) is 5.56 Å². The van der Waals surface area contributed by atoms with E-state index in [1.807, 2.05) is 35.1 Å². The topological polar surface area (TPSA) is 65.1 Å². The summed E-state index contributed by atoms with van der Waals surface area (Å²) in [5.41, 5.74) is 5.21. The number of fused-ring (bicyclic) bond motifs is 1. The lowest BCUT2D eigenvalue weighted by molar-refractivity contribution is 0.173. The standard InChI is InChI=1S/C15H20N4O/c1-2-9-19-12(7-8-17-19)15(18-16)14-10-11-5-3-4-6-13(11)20-14/h3-8,14-15,18H,2,9-10,16H2,1H3. The number of rotatable bonds is 5. The highest BCUT2D eigenvalue weighted by Gasteiger charge is 2.32. The van der Waals surface area contributed by atoms with Gasteiger partial charge in [0.2, 0.25) is 0 Å². The van der Waals surface area contributed by atoms with Gasteiger partial charge in [0, 0.05) is 19.2 Å². The summed E-state index contributed by atoms with van der Waals surface area (Å²) in [6.45, 7) is 3.03. The molecule has 3 N–H and O–H groups in total. The average Bonchev–Trinajstić information content (AvgIpc) is 3.07. The van der Waals surface area contributed by atoms with Crippen LogP contribution in [-0.4, -0.2) is 15.9 Å². The number of hydrogen-bond acceptors (Lipinski definition) is 4. The van der Waals surface area contributed by atoms with Gasteiger partial charge < -0.3 is 4.74 Å². The van der Waals surface area contributed by atoms with Gasteiger partial charge in [-0.15, -0.1) is 0 Å². The Hall–Kier alpha value is -1.85. The van der Waals surface area contributed by atoms with E-state index in [-0.39, 0.29) is 12.1 Å². The molecule has 2 unspecified atom stereocenters. The van der Waals surface area contributed by atoms with Crippen LogP contribution in [0.3, 0.4) is 0 Å². The van der Waals surface area contributed by atoms with Crippen molar-refractivity contribution in [2.45, 2.75) is 38.5 Å². The molecule has 2 aromatic rings. The first-order valence-electron chi connectivity index (χ1n) is 7.06. The molecule has 2 atom stereocenters. The van der Waals surface area contributed by atoms with Gasteiger partial charge in [-0.3, -0.25) is 10.5 Å². The van der Waals surface area contributed by atoms with Gasteiger partial charge >= 0.3 is 0 Å². The summed E-state index contributed by atoms with van der Waals surface area (Å²) in [7, 11) is 0. The SMILES string of the molecule is CCCn1nccc1C(NN)C1Cc2ccccc2O1. The highest BCUT2D eigenvalue weighted by Crippen LogP contribution is 2.33. The summed E-state index contributed by atoms with van der Waals surface area (Å²) >= 11 is 0. The van der Waals surface area contributed by atoms with E-state index in [0.29, 0.717) is 0 Å². The molecule has 5 heteroatoms. The lowest BCUT2D eigenvalue weighted by Crippen LogP contribution is -2.40. The summed E-state index contributed by atoms with van der Waals surface area (Å²) in [4.78, 5) is 0. The Balaban J connectivity index is 1.83. The van der Waals surface area contributed by atoms with Crippen LogP contribution in [0.2, 0.25) is 0 Å². The minimum atomic E-state index is -0.0588. The molecule has 5 nitrogen and oxygen atoms in total. The first-order valence-corrected chi connectivity index (χ1v) is 7.06. The van der Waals surface area contributed by atoms with Crippen molar-refractivity contribution < 1.29 is 4.74 Å². The molecule has 1 aromatic carbocycles. The third kappa shape index (κ3) is 2.30. The van der Waals surface area contributed by atoms with Crippen LogP contribution in [0.1, 0.15) is 30.6 Å². The number of aromatic nitrogens is 2. The summed E-state index contributed by atoms with van der Waals surface area (Å²) in [5.74, 6) is 6.73. The number of para-hydroxylation sites is 1. The number of ether oxygens (including phenoxy) is 1. The summed E-state index contributed by atoms with van der Waals surface area (Å²) in [6, 6.07) is 10.1. The van der Waals surface area contributed by atoms with Gasteiger partial charge in [0.15, 0.2) is 0 Å². The molecular formula is C15H20N4O. The Morgan fingerprint density at radius 2 is 2.30 bits per heavy atom. The first kappa shape index (κ1) is 13.1. The fraction of sp³-hybridized carbons (Fsp3) is 0.400. The van der Waals surface area contributed by atoms with Crippen molar-refractivity contribution in [3.63, 3.8) is 0 Å². The summed E-state index contributed by atoms with van der Waals surface area (Å²) < 4.78 is 8.03. The van der Waals surface area contributed by atoms with Crippen molar-refractivity contribution in [1.82, 2.24) is 15.2 Å². The zero-order valence-electron chi connectivity index (χ0n) is 11.6. The van der Waals surface area contributed by atoms with E-state index in [0.717, 1.165) is 30.8 Å². The average molecular weight is 272 g/mol. The highest BCUT2D eigenvalue weighted by molar-refractivity contribution is 5.38. The van der Waals surface area contributed by atoms with Crippen molar-refractivity contribution in [3.8, 4) is 5.75 Å². The van der Waals surface area contributed by atoms with Crippen molar-refractivity contribution >= 4 is 0 Å². The maximum atomic E-state index is 6.03. The molecule has 0 spiro atoms. The third-order valence-electron chi connectivity index (χ3n) is 3.73. The number of nitrogens with two attached hydrogens (primary N) is 1. The molecule has 106 valence electrons. The third-order valence-corrected chi connectivity index (χ3v) is 3.73. The van der Waals surface area contributed by atoms with Gasteiger partial charge in [-0.25, -0.2) is 5.43 Å². The van der Waals surface area contributed by atoms with Crippen molar-refractivity contribution in [2.75, 3.05) is 0 Å². The van der Waals surface area contributed by atoms with Crippen LogP contribution in [0.25, 0.3) is 0 Å². The highest BCUT2D eigenvalue weighted by atomic mass is 16.5. The van der Waals surface area contributed by atoms with E-state index in [4.69, 9.17) is 10.6 Å². The Bertz CT molecular complexity index is 556. The summed E-state index contributed by atoms with van der Waals surface area (Å²) in [6.07, 6.45) is 3.72. The van der Waals surface area contributed by atoms with Crippen LogP contribution in [0.4, 0.5) is 0 Å². The molecule has 0 bridgehead atoms. The van der Waals surface area contributed by atoms with E-state index < -0.39 is 0 Å². The van der Waals surface area contributed by atoms with E-state index in [2.05, 4.69) is 23.5 Å². The molecule has 0 radical (unpaired) electrons. The lowest BCUT2D eigenvalue weighted by atomic mass is 10.0. The second-order valence-corrected chi connectivity index (χ2v) is 5.09. The molecule has 0 saturated heterocycles. The smallest absolute Gasteiger partial charge is 0.125 e. The Morgan fingerprint density at radius 1 is 1.45 bits per heavy atom. The van der Waals surface area contributed by atoms with Crippen LogP contribution in [-0.2, 0) is 13.0 Å². The van der Waals surface area contributed by atoms with Gasteiger partial charge in [-0.1, -0.05) is 25.1 Å². The largest absolute Gasteiger partial charge is 0.488 e. The monoisotopic (exact) mass is 272 g/mol. The second kappa shape index (κ2) is 5.64. The van der Waals surface area contributed by atoms with Gasteiger partial charge in [0.1, 0.15) is 11.9 Å². The van der Waals surface area contributed by atoms with Gasteiger partial charge in [0.25, 0.3) is 0 Å². The van der Waals surface area contributed by atoms with Crippen molar-refractivity contribution in [3.05, 3.63) is 47.8 Å². The van der Waals surface area contributed by atoms with Gasteiger partial charge in [0.05, 0.1) is 11.7 Å². The van der Waals surface area contributed by atoms with Crippen LogP contribution in [0.15, 0.2) is 36.5 Å². The molecule has 3 rings (SSSR count). The molecule has 0 aliphatic carbocycles. The van der Waals surface area contributed by atoms with Gasteiger partial charge in [-0.05, 0) is 24.1 Å². The molecule has 0 fully saturated rings. The predicted molar refractivity (Wildman–Crippen MR) is 77.1 cm³/mol. The summed E-state index contributed by atoms with van der Waals surface area (Å²) in [5, 5.41) is 4.36. The number of hydrogen-bond donors (Lipinski definition) is 2. The van der Waals surface area contributed by atoms with Crippen molar-refractivity contribution in [2.24, 2.45) is 5.84 Å². The molecule has 1 aromatic heterocycles. The molecule has 2 heterocycles. The quantitative estimate of drug-likeness (QED) is 0.643. The number of aryl methyl sites for hydroxylation is 1. The van der Waals surface area contributed by atoms with E-state index in [9.17, 15) is 0 Å². The zero-order valence-corrected chi connectivity index (χ0v) is 11.6. The van der Waals surface area contributed by atoms with E-state index in [1.54, 1.807) is 0 Å². The minimum Gasteiger partial charge on any atom is -0.488 e. The number of benzene rings is 1. The zero-order chi connectivity index (χ0) is 13.9. The molecule has 1 aliphatic heterocycles. The fourth-order valence-electron chi connectivity index (χ4n) is 2.78. The van der Waals surface area contributed by atoms with Crippen LogP contribution in [0, 0.1) is 0 Å². The number of hydrazine groups is 1. The molecule has 0 saturated carbocycles. The molecular weight excluding hydrogens is 252 g/mol. The maximum Gasteiger partial charge on any atom is 0.125 e. The van der Waals surface area contributed by atoms with Crippen LogP contribution >= 0.6 is 0 Å². The van der Waals surface area contributed by atoms with Gasteiger partial charge in [-0.2, -0.15) is 5.10 Å². The maximum absolute atomic E-state index is 6.03. The lowest BCUT2D eigenvalue weighted by Gasteiger charge is -2.23. The van der Waals surface area contributed by atoms with Crippen LogP contribution in [0.5, 0.6) is 5.75 Å². The fourth-order valence-corrected chi connectivity index (χ4v) is 2.78. The second-order valence-electron chi connectivity index (χ2n) is 5.09. The minimum absolute atomic E-state index is 0.00436. The Morgan fingerprint density at radius 3 is 3.05 bits per heavy atom. The molecule has 1 aliphatic rings. The normalized spacial score (nSPS) is 18.6. The molecule has 20 heavy (non-hydrogen) atoms. The van der Waals surface area contributed by atoms with Crippen molar-refractivity contribution in [1.29, 1.82) is 0 Å². The molecule has 0 amide bonds. The van der Waals surface area contributed by atoms with E-state index >= 15 is 0 Å². The Kier molecular flexibility index (Phi) is 3.71. The van der Waals surface area contributed by atoms with Crippen LogP contribution < -0.4 is 16.0 Å². The number of nitrogens with one attached hydrogen (secondary N) is 1.